The first-order valence-electron chi connectivity index (χ1n) is 4.59. The summed E-state index contributed by atoms with van der Waals surface area (Å²) in [6.07, 6.45) is 0. The minimum absolute atomic E-state index is 0.178. The van der Waals surface area contributed by atoms with Crippen LogP contribution < -0.4 is 5.56 Å². The van der Waals surface area contributed by atoms with Crippen molar-refractivity contribution < 1.29 is 15.0 Å². The van der Waals surface area contributed by atoms with Gasteiger partial charge in [-0.3, -0.25) is 4.79 Å². The highest BCUT2D eigenvalue weighted by atomic mass is 16.4. The van der Waals surface area contributed by atoms with Crippen molar-refractivity contribution in [2.75, 3.05) is 0 Å². The van der Waals surface area contributed by atoms with E-state index in [1.54, 1.807) is 6.92 Å². The van der Waals surface area contributed by atoms with E-state index in [2.05, 4.69) is 4.98 Å². The first-order chi connectivity index (χ1) is 7.49. The molecule has 0 aliphatic heterocycles. The van der Waals surface area contributed by atoms with Gasteiger partial charge >= 0.3 is 5.97 Å². The molecule has 2 aromatic rings. The van der Waals surface area contributed by atoms with Gasteiger partial charge in [-0.1, -0.05) is 0 Å². The zero-order chi connectivity index (χ0) is 11.9. The molecule has 0 unspecified atom stereocenters. The summed E-state index contributed by atoms with van der Waals surface area (Å²) in [5, 5.41) is 18.9. The van der Waals surface area contributed by atoms with Gasteiger partial charge in [-0.05, 0) is 18.6 Å². The van der Waals surface area contributed by atoms with Crippen LogP contribution in [-0.4, -0.2) is 21.2 Å². The number of aromatic hydroxyl groups is 1. The predicted octanol–water partition coefficient (Wildman–Crippen LogP) is 1.24. The standard InChI is InChI=1S/C11H9NO4/c1-5-2-10(14)12-8-4-9(13)7(11(15)16)3-6(5)8/h2-4,13H,1H3,(H,12,14)(H,15,16). The van der Waals surface area contributed by atoms with E-state index in [0.717, 1.165) is 0 Å². The number of nitrogens with one attached hydrogen (secondary N) is 1. The molecular weight excluding hydrogens is 210 g/mol. The third kappa shape index (κ3) is 1.52. The topological polar surface area (TPSA) is 90.4 Å². The summed E-state index contributed by atoms with van der Waals surface area (Å²) in [4.78, 5) is 24.5. The molecule has 0 saturated carbocycles. The summed E-state index contributed by atoms with van der Waals surface area (Å²) < 4.78 is 0. The van der Waals surface area contributed by atoms with Gasteiger partial charge in [-0.15, -0.1) is 0 Å². The van der Waals surface area contributed by atoms with Crippen LogP contribution in [0, 0.1) is 6.92 Å². The summed E-state index contributed by atoms with van der Waals surface area (Å²) >= 11 is 0. The smallest absolute Gasteiger partial charge is 0.339 e. The Labute approximate surface area is 90.0 Å². The van der Waals surface area contributed by atoms with E-state index in [1.165, 1.54) is 18.2 Å². The fourth-order valence-electron chi connectivity index (χ4n) is 1.63. The fourth-order valence-corrected chi connectivity index (χ4v) is 1.63. The number of carbonyl (C=O) groups is 1. The van der Waals surface area contributed by atoms with Crippen molar-refractivity contribution in [3.63, 3.8) is 0 Å². The van der Waals surface area contributed by atoms with Crippen molar-refractivity contribution >= 4 is 16.9 Å². The lowest BCUT2D eigenvalue weighted by atomic mass is 10.1. The number of pyridine rings is 1. The van der Waals surface area contributed by atoms with Crippen LogP contribution in [0.5, 0.6) is 5.75 Å². The van der Waals surface area contributed by atoms with Gasteiger partial charge in [0, 0.05) is 17.5 Å². The number of fused-ring (bicyclic) bond motifs is 1. The van der Waals surface area contributed by atoms with Crippen LogP contribution in [0.1, 0.15) is 15.9 Å². The van der Waals surface area contributed by atoms with E-state index in [1.807, 2.05) is 0 Å². The van der Waals surface area contributed by atoms with Crippen molar-refractivity contribution in [3.05, 3.63) is 39.7 Å². The van der Waals surface area contributed by atoms with Crippen LogP contribution in [0.4, 0.5) is 0 Å². The lowest BCUT2D eigenvalue weighted by Crippen LogP contribution is -2.06. The lowest BCUT2D eigenvalue weighted by Gasteiger charge is -2.05. The molecule has 5 nitrogen and oxygen atoms in total. The Morgan fingerprint density at radius 1 is 1.31 bits per heavy atom. The number of hydrogen-bond acceptors (Lipinski definition) is 3. The molecule has 5 heteroatoms. The Balaban J connectivity index is 2.90. The summed E-state index contributed by atoms with van der Waals surface area (Å²) in [7, 11) is 0. The Kier molecular flexibility index (Phi) is 2.16. The van der Waals surface area contributed by atoms with Crippen molar-refractivity contribution in [3.8, 4) is 5.75 Å². The Morgan fingerprint density at radius 2 is 2.00 bits per heavy atom. The second kappa shape index (κ2) is 3.37. The fraction of sp³-hybridized carbons (Fsp3) is 0.0909. The zero-order valence-electron chi connectivity index (χ0n) is 8.44. The van der Waals surface area contributed by atoms with Gasteiger partial charge in [0.1, 0.15) is 11.3 Å². The number of H-pyrrole nitrogens is 1. The van der Waals surface area contributed by atoms with E-state index < -0.39 is 5.97 Å². The quantitative estimate of drug-likeness (QED) is 0.673. The van der Waals surface area contributed by atoms with Gasteiger partial charge in [-0.25, -0.2) is 4.79 Å². The minimum atomic E-state index is -1.20. The van der Waals surface area contributed by atoms with E-state index >= 15 is 0 Å². The molecule has 0 bridgehead atoms. The maximum absolute atomic E-state index is 11.2. The van der Waals surface area contributed by atoms with E-state index in [4.69, 9.17) is 5.11 Å². The molecule has 0 aliphatic rings. The number of aromatic nitrogens is 1. The maximum Gasteiger partial charge on any atom is 0.339 e. The number of hydrogen-bond donors (Lipinski definition) is 3. The Morgan fingerprint density at radius 3 is 2.62 bits per heavy atom. The lowest BCUT2D eigenvalue weighted by molar-refractivity contribution is 0.0694. The maximum atomic E-state index is 11.2. The molecule has 2 rings (SSSR count). The van der Waals surface area contributed by atoms with E-state index in [-0.39, 0.29) is 16.9 Å². The molecule has 0 fully saturated rings. The van der Waals surface area contributed by atoms with Crippen molar-refractivity contribution in [1.29, 1.82) is 0 Å². The molecule has 1 heterocycles. The summed E-state index contributed by atoms with van der Waals surface area (Å²) in [5.74, 6) is -1.56. The third-order valence-electron chi connectivity index (χ3n) is 2.40. The number of rotatable bonds is 1. The molecule has 0 spiro atoms. The molecule has 0 radical (unpaired) electrons. The highest BCUT2D eigenvalue weighted by Crippen LogP contribution is 2.24. The zero-order valence-corrected chi connectivity index (χ0v) is 8.44. The molecule has 1 aromatic carbocycles. The third-order valence-corrected chi connectivity index (χ3v) is 2.40. The van der Waals surface area contributed by atoms with Crippen molar-refractivity contribution in [1.82, 2.24) is 4.98 Å². The monoisotopic (exact) mass is 219 g/mol. The van der Waals surface area contributed by atoms with Crippen LogP contribution in [0.3, 0.4) is 0 Å². The molecule has 16 heavy (non-hydrogen) atoms. The predicted molar refractivity (Wildman–Crippen MR) is 57.9 cm³/mol. The molecule has 0 aliphatic carbocycles. The van der Waals surface area contributed by atoms with Gasteiger partial charge in [0.2, 0.25) is 5.56 Å². The number of aromatic carboxylic acids is 1. The highest BCUT2D eigenvalue weighted by Gasteiger charge is 2.12. The summed E-state index contributed by atoms with van der Waals surface area (Å²) in [5.41, 5.74) is 0.629. The van der Waals surface area contributed by atoms with Gasteiger partial charge in [0.15, 0.2) is 0 Å². The highest BCUT2D eigenvalue weighted by molar-refractivity contribution is 5.97. The molecule has 0 saturated heterocycles. The second-order valence-corrected chi connectivity index (χ2v) is 3.54. The number of aryl methyl sites for hydroxylation is 1. The van der Waals surface area contributed by atoms with Crippen LogP contribution >= 0.6 is 0 Å². The van der Waals surface area contributed by atoms with Gasteiger partial charge in [0.05, 0.1) is 5.52 Å². The Hall–Kier alpha value is -2.30. The van der Waals surface area contributed by atoms with Crippen LogP contribution in [0.2, 0.25) is 0 Å². The van der Waals surface area contributed by atoms with Crippen LogP contribution in [0.25, 0.3) is 10.9 Å². The second-order valence-electron chi connectivity index (χ2n) is 3.54. The number of aromatic amines is 1. The van der Waals surface area contributed by atoms with Gasteiger partial charge < -0.3 is 15.2 Å². The first kappa shape index (κ1) is 10.2. The van der Waals surface area contributed by atoms with E-state index in [0.29, 0.717) is 16.5 Å². The summed E-state index contributed by atoms with van der Waals surface area (Å²) in [6, 6.07) is 3.97. The normalized spacial score (nSPS) is 10.6. The van der Waals surface area contributed by atoms with Crippen LogP contribution in [0.15, 0.2) is 23.0 Å². The SMILES string of the molecule is Cc1cc(=O)[nH]c2cc(O)c(C(=O)O)cc12. The first-order valence-corrected chi connectivity index (χ1v) is 4.59. The number of benzene rings is 1. The van der Waals surface area contributed by atoms with Gasteiger partial charge in [0.25, 0.3) is 0 Å². The largest absolute Gasteiger partial charge is 0.507 e. The molecule has 82 valence electrons. The number of carboxylic acids is 1. The van der Waals surface area contributed by atoms with E-state index in [9.17, 15) is 14.7 Å². The molecule has 1 aromatic heterocycles. The molecule has 0 amide bonds. The molecular formula is C11H9NO4. The van der Waals surface area contributed by atoms with Gasteiger partial charge in [-0.2, -0.15) is 0 Å². The summed E-state index contributed by atoms with van der Waals surface area (Å²) in [6.45, 7) is 1.71. The Bertz CT molecular complexity index is 642. The number of phenols is 1. The molecule has 0 atom stereocenters. The molecule has 3 N–H and O–H groups in total. The number of carboxylic acid groups (broad SMARTS) is 1. The van der Waals surface area contributed by atoms with Crippen molar-refractivity contribution in [2.45, 2.75) is 6.92 Å². The van der Waals surface area contributed by atoms with Crippen molar-refractivity contribution in [2.24, 2.45) is 0 Å². The average molecular weight is 219 g/mol. The van der Waals surface area contributed by atoms with Crippen LogP contribution in [-0.2, 0) is 0 Å². The minimum Gasteiger partial charge on any atom is -0.507 e. The average Bonchev–Trinajstić information content (AvgIpc) is 2.15.